The summed E-state index contributed by atoms with van der Waals surface area (Å²) in [6, 6.07) is 22.5. The van der Waals surface area contributed by atoms with Gasteiger partial charge in [-0.2, -0.15) is 0 Å². The van der Waals surface area contributed by atoms with Crippen molar-refractivity contribution in [2.75, 3.05) is 26.1 Å². The number of methoxy groups -OCH3 is 2. The van der Waals surface area contributed by atoms with Crippen LogP contribution in [0.5, 0.6) is 5.75 Å². The normalized spacial score (nSPS) is 10.4. The Labute approximate surface area is 211 Å². The van der Waals surface area contributed by atoms with Crippen LogP contribution in [0.2, 0.25) is 0 Å². The minimum atomic E-state index is -0.690. The van der Waals surface area contributed by atoms with E-state index >= 15 is 0 Å². The Bertz CT molecular complexity index is 1160. The molecular weight excluding hydrogens is 458 g/mol. The first kappa shape index (κ1) is 26.5. The summed E-state index contributed by atoms with van der Waals surface area (Å²) in [5.41, 5.74) is 2.84. The summed E-state index contributed by atoms with van der Waals surface area (Å²) in [5, 5.41) is 2.76. The highest BCUT2D eigenvalue weighted by atomic mass is 16.5. The van der Waals surface area contributed by atoms with E-state index in [0.717, 1.165) is 30.6 Å². The van der Waals surface area contributed by atoms with Gasteiger partial charge >= 0.3 is 11.9 Å². The predicted molar refractivity (Wildman–Crippen MR) is 137 cm³/mol. The molecule has 0 bridgehead atoms. The van der Waals surface area contributed by atoms with E-state index in [4.69, 9.17) is 14.2 Å². The molecule has 3 aromatic carbocycles. The second kappa shape index (κ2) is 13.7. The number of carbonyl (C=O) groups excluding carboxylic acids is 3. The molecule has 0 unspecified atom stereocenters. The zero-order valence-corrected chi connectivity index (χ0v) is 20.6. The first-order valence-electron chi connectivity index (χ1n) is 11.9. The van der Waals surface area contributed by atoms with Crippen LogP contribution in [0.4, 0.5) is 5.69 Å². The molecule has 7 heteroatoms. The number of esters is 2. The third-order valence-corrected chi connectivity index (χ3v) is 5.65. The number of nitrogens with one attached hydrogen (secondary N) is 1. The summed E-state index contributed by atoms with van der Waals surface area (Å²) in [5.74, 6) is -0.753. The van der Waals surface area contributed by atoms with Gasteiger partial charge in [-0.25, -0.2) is 9.59 Å². The molecule has 1 N–H and O–H groups in total. The van der Waals surface area contributed by atoms with Crippen LogP contribution in [0.15, 0.2) is 72.8 Å². The third-order valence-electron chi connectivity index (χ3n) is 5.65. The van der Waals surface area contributed by atoms with Gasteiger partial charge < -0.3 is 19.5 Å². The zero-order chi connectivity index (χ0) is 25.8. The predicted octanol–water partition coefficient (Wildman–Crippen LogP) is 5.23. The standard InChI is InChI=1S/C29H31NO6/c1-34-28(32)25-17-14-23(20-26(25)29(33)35-2)30-27(31)18-13-22-11-15-24(16-12-22)36-19-7-6-10-21-8-4-3-5-9-21/h3-5,8-9,11-12,14-17,20H,6-7,10,13,18-19H2,1-2H3,(H,30,31). The maximum absolute atomic E-state index is 12.4. The summed E-state index contributed by atoms with van der Waals surface area (Å²) in [6.07, 6.45) is 3.91. The molecular formula is C29H31NO6. The molecule has 0 aliphatic rings. The molecule has 36 heavy (non-hydrogen) atoms. The SMILES string of the molecule is COC(=O)c1ccc(NC(=O)CCc2ccc(OCCCCc3ccccc3)cc2)cc1C(=O)OC. The van der Waals surface area contributed by atoms with Crippen molar-refractivity contribution in [1.82, 2.24) is 0 Å². The molecule has 3 rings (SSSR count). The van der Waals surface area contributed by atoms with Gasteiger partial charge in [0.2, 0.25) is 5.91 Å². The van der Waals surface area contributed by atoms with Crippen molar-refractivity contribution in [2.24, 2.45) is 0 Å². The molecule has 0 atom stereocenters. The number of carbonyl (C=O) groups is 3. The topological polar surface area (TPSA) is 90.9 Å². The quantitative estimate of drug-likeness (QED) is 0.277. The van der Waals surface area contributed by atoms with E-state index in [0.29, 0.717) is 18.7 Å². The average molecular weight is 490 g/mol. The van der Waals surface area contributed by atoms with Crippen LogP contribution in [0.1, 0.15) is 51.1 Å². The first-order valence-corrected chi connectivity index (χ1v) is 11.9. The van der Waals surface area contributed by atoms with Crippen LogP contribution < -0.4 is 10.1 Å². The molecule has 0 heterocycles. The second-order valence-electron chi connectivity index (χ2n) is 8.23. The van der Waals surface area contributed by atoms with E-state index in [-0.39, 0.29) is 23.5 Å². The maximum atomic E-state index is 12.4. The van der Waals surface area contributed by atoms with Crippen molar-refractivity contribution in [3.63, 3.8) is 0 Å². The van der Waals surface area contributed by atoms with Crippen LogP contribution in [0.25, 0.3) is 0 Å². The van der Waals surface area contributed by atoms with Crippen molar-refractivity contribution in [3.05, 3.63) is 95.1 Å². The smallest absolute Gasteiger partial charge is 0.338 e. The van der Waals surface area contributed by atoms with Crippen molar-refractivity contribution in [2.45, 2.75) is 32.1 Å². The van der Waals surface area contributed by atoms with Crippen molar-refractivity contribution in [3.8, 4) is 5.75 Å². The largest absolute Gasteiger partial charge is 0.494 e. The molecule has 3 aromatic rings. The van der Waals surface area contributed by atoms with E-state index in [1.165, 1.54) is 31.9 Å². The lowest BCUT2D eigenvalue weighted by Crippen LogP contribution is -2.15. The fraction of sp³-hybridized carbons (Fsp3) is 0.276. The summed E-state index contributed by atoms with van der Waals surface area (Å²) in [7, 11) is 2.45. The van der Waals surface area contributed by atoms with Gasteiger partial charge in [0.15, 0.2) is 0 Å². The summed E-state index contributed by atoms with van der Waals surface area (Å²) >= 11 is 0. The van der Waals surface area contributed by atoms with Gasteiger partial charge in [-0.1, -0.05) is 42.5 Å². The van der Waals surface area contributed by atoms with Crippen LogP contribution in [-0.4, -0.2) is 38.7 Å². The first-order chi connectivity index (χ1) is 17.5. The molecule has 7 nitrogen and oxygen atoms in total. The van der Waals surface area contributed by atoms with Gasteiger partial charge in [0, 0.05) is 12.1 Å². The Kier molecular flexibility index (Phi) is 10.1. The van der Waals surface area contributed by atoms with E-state index < -0.39 is 11.9 Å². The number of hydrogen-bond acceptors (Lipinski definition) is 6. The Morgan fingerprint density at radius 3 is 2.08 bits per heavy atom. The van der Waals surface area contributed by atoms with Gasteiger partial charge in [0.25, 0.3) is 0 Å². The van der Waals surface area contributed by atoms with E-state index in [1.807, 2.05) is 30.3 Å². The van der Waals surface area contributed by atoms with Gasteiger partial charge in [-0.15, -0.1) is 0 Å². The number of benzene rings is 3. The van der Waals surface area contributed by atoms with Crippen molar-refractivity contribution >= 4 is 23.5 Å². The maximum Gasteiger partial charge on any atom is 0.338 e. The number of ether oxygens (including phenoxy) is 3. The van der Waals surface area contributed by atoms with Crippen molar-refractivity contribution in [1.29, 1.82) is 0 Å². The van der Waals surface area contributed by atoms with Crippen LogP contribution in [0.3, 0.4) is 0 Å². The lowest BCUT2D eigenvalue weighted by molar-refractivity contribution is -0.116. The Hall–Kier alpha value is -4.13. The molecule has 188 valence electrons. The molecule has 1 amide bonds. The number of anilines is 1. The summed E-state index contributed by atoms with van der Waals surface area (Å²) < 4.78 is 15.3. The monoisotopic (exact) mass is 489 g/mol. The zero-order valence-electron chi connectivity index (χ0n) is 20.6. The Morgan fingerprint density at radius 1 is 0.722 bits per heavy atom. The highest BCUT2D eigenvalue weighted by molar-refractivity contribution is 6.04. The van der Waals surface area contributed by atoms with Crippen molar-refractivity contribution < 1.29 is 28.6 Å². The highest BCUT2D eigenvalue weighted by Gasteiger charge is 2.19. The Morgan fingerprint density at radius 2 is 1.39 bits per heavy atom. The number of unbranched alkanes of at least 4 members (excludes halogenated alkanes) is 1. The van der Waals surface area contributed by atoms with Gasteiger partial charge in [-0.05, 0) is 67.1 Å². The summed E-state index contributed by atoms with van der Waals surface area (Å²) in [4.78, 5) is 36.4. The van der Waals surface area contributed by atoms with Gasteiger partial charge in [0.05, 0.1) is 32.0 Å². The minimum absolute atomic E-state index is 0.0257. The number of hydrogen-bond donors (Lipinski definition) is 1. The van der Waals surface area contributed by atoms with E-state index in [9.17, 15) is 14.4 Å². The Balaban J connectivity index is 1.43. The van der Waals surface area contributed by atoms with Gasteiger partial charge in [-0.3, -0.25) is 4.79 Å². The van der Waals surface area contributed by atoms with Crippen LogP contribution >= 0.6 is 0 Å². The lowest BCUT2D eigenvalue weighted by Gasteiger charge is -2.10. The fourth-order valence-electron chi connectivity index (χ4n) is 3.69. The number of rotatable bonds is 12. The molecule has 0 saturated carbocycles. The second-order valence-corrected chi connectivity index (χ2v) is 8.23. The van der Waals surface area contributed by atoms with Crippen LogP contribution in [0, 0.1) is 0 Å². The van der Waals surface area contributed by atoms with E-state index in [1.54, 1.807) is 6.07 Å². The van der Waals surface area contributed by atoms with Gasteiger partial charge in [0.1, 0.15) is 5.75 Å². The molecule has 0 aliphatic carbocycles. The number of amides is 1. The molecule has 0 aromatic heterocycles. The lowest BCUT2D eigenvalue weighted by atomic mass is 10.1. The number of aryl methyl sites for hydroxylation is 2. The van der Waals surface area contributed by atoms with E-state index in [2.05, 4.69) is 29.6 Å². The average Bonchev–Trinajstić information content (AvgIpc) is 2.92. The molecule has 0 fully saturated rings. The minimum Gasteiger partial charge on any atom is -0.494 e. The molecule has 0 spiro atoms. The van der Waals surface area contributed by atoms with Crippen LogP contribution in [-0.2, 0) is 27.1 Å². The molecule has 0 aliphatic heterocycles. The fourth-order valence-corrected chi connectivity index (χ4v) is 3.69. The highest BCUT2D eigenvalue weighted by Crippen LogP contribution is 2.19. The third kappa shape index (κ3) is 7.98. The summed E-state index contributed by atoms with van der Waals surface area (Å²) in [6.45, 7) is 0.664. The molecule has 0 saturated heterocycles. The molecule has 0 radical (unpaired) electrons.